The zero-order valence-corrected chi connectivity index (χ0v) is 23.9. The summed E-state index contributed by atoms with van der Waals surface area (Å²) in [6, 6.07) is 7.45. The molecular weight excluding hydrogens is 542 g/mol. The molecule has 0 bridgehead atoms. The molecule has 2 aromatic rings. The molecule has 0 aromatic carbocycles. The maximum absolute atomic E-state index is 13.4. The van der Waals surface area contributed by atoms with E-state index in [0.717, 1.165) is 63.6 Å². The van der Waals surface area contributed by atoms with Gasteiger partial charge in [-0.05, 0) is 82.7 Å². The number of nitrogens with one attached hydrogen (secondary N) is 2. The molecule has 4 fully saturated rings. The van der Waals surface area contributed by atoms with Crippen LogP contribution in [0.5, 0.6) is 11.6 Å². The number of amides is 2. The Hall–Kier alpha value is -3.93. The number of hydrogen-bond acceptors (Lipinski definition) is 9. The summed E-state index contributed by atoms with van der Waals surface area (Å²) in [5.41, 5.74) is 1.69. The molecule has 6 rings (SSSR count). The minimum Gasteiger partial charge on any atom is -0.488 e. The number of rotatable bonds is 8. The summed E-state index contributed by atoms with van der Waals surface area (Å²) >= 11 is 0. The molecule has 226 valence electrons. The molecule has 0 radical (unpaired) electrons. The van der Waals surface area contributed by atoms with E-state index in [-0.39, 0.29) is 47.8 Å². The molecular formula is C30H39N5O7. The van der Waals surface area contributed by atoms with Gasteiger partial charge in [-0.15, -0.1) is 0 Å². The molecule has 4 aliphatic rings. The van der Waals surface area contributed by atoms with Crippen LogP contribution >= 0.6 is 0 Å². The first-order chi connectivity index (χ1) is 20.4. The average molecular weight is 582 g/mol. The van der Waals surface area contributed by atoms with Gasteiger partial charge in [0.1, 0.15) is 12.2 Å². The van der Waals surface area contributed by atoms with Gasteiger partial charge in [0.15, 0.2) is 11.4 Å². The number of ether oxygens (including phenoxy) is 3. The normalized spacial score (nSPS) is 21.0. The second-order valence-electron chi connectivity index (χ2n) is 11.4. The highest BCUT2D eigenvalue weighted by Crippen LogP contribution is 2.50. The van der Waals surface area contributed by atoms with Crippen LogP contribution in [0, 0.1) is 5.41 Å². The highest BCUT2D eigenvalue weighted by atomic mass is 16.6. The standard InChI is InChI=1S/C29H37N5O5.CH2O2/c1-2-37-27-22(8-5-12-31-27)23-9-10-24(25(33-23)26(35)32-19-11-13-30-16-19)38-21-14-29(15-21)17-34(18-29)28(36)39-20-6-3-4-7-20;2-1-3/h5,8-10,12,19-21,30H,2-4,6-7,11,13-18H2,1H3,(H,32,35);1H,(H,2,3)/t19-;/m1./s1. The molecule has 3 N–H and O–H groups in total. The van der Waals surface area contributed by atoms with Crippen LogP contribution in [0.25, 0.3) is 11.3 Å². The van der Waals surface area contributed by atoms with Crippen molar-refractivity contribution in [3.63, 3.8) is 0 Å². The van der Waals surface area contributed by atoms with Gasteiger partial charge >= 0.3 is 6.09 Å². The lowest BCUT2D eigenvalue weighted by molar-refractivity contribution is -0.122. The van der Waals surface area contributed by atoms with Crippen molar-refractivity contribution in [1.82, 2.24) is 25.5 Å². The lowest BCUT2D eigenvalue weighted by Crippen LogP contribution is -2.66. The Kier molecular flexibility index (Phi) is 9.41. The van der Waals surface area contributed by atoms with Crippen LogP contribution in [0.4, 0.5) is 4.79 Å². The van der Waals surface area contributed by atoms with Crippen LogP contribution in [0.3, 0.4) is 0 Å². The summed E-state index contributed by atoms with van der Waals surface area (Å²) in [5.74, 6) is 0.705. The van der Waals surface area contributed by atoms with Crippen molar-refractivity contribution >= 4 is 18.5 Å². The Morgan fingerprint density at radius 1 is 1.17 bits per heavy atom. The average Bonchev–Trinajstić information content (AvgIpc) is 3.65. The lowest BCUT2D eigenvalue weighted by Gasteiger charge is -2.57. The summed E-state index contributed by atoms with van der Waals surface area (Å²) in [4.78, 5) is 45.1. The monoisotopic (exact) mass is 581 g/mol. The molecule has 1 spiro atoms. The molecule has 2 aliphatic heterocycles. The zero-order chi connectivity index (χ0) is 29.5. The number of aromatic nitrogens is 2. The van der Waals surface area contributed by atoms with Crippen LogP contribution in [0.15, 0.2) is 30.5 Å². The molecule has 12 heteroatoms. The molecule has 4 heterocycles. The van der Waals surface area contributed by atoms with E-state index in [1.54, 1.807) is 6.20 Å². The lowest BCUT2D eigenvalue weighted by atomic mass is 9.62. The minimum absolute atomic E-state index is 0.0253. The smallest absolute Gasteiger partial charge is 0.410 e. The van der Waals surface area contributed by atoms with Gasteiger partial charge in [-0.25, -0.2) is 14.8 Å². The fraction of sp³-hybridized carbons (Fsp3) is 0.567. The highest BCUT2D eigenvalue weighted by molar-refractivity contribution is 5.96. The van der Waals surface area contributed by atoms with E-state index in [9.17, 15) is 9.59 Å². The molecule has 2 saturated carbocycles. The summed E-state index contributed by atoms with van der Waals surface area (Å²) < 4.78 is 17.7. The molecule has 2 aliphatic carbocycles. The predicted molar refractivity (Wildman–Crippen MR) is 152 cm³/mol. The molecule has 42 heavy (non-hydrogen) atoms. The zero-order valence-electron chi connectivity index (χ0n) is 23.9. The van der Waals surface area contributed by atoms with E-state index in [1.165, 1.54) is 0 Å². The number of likely N-dealkylation sites (tertiary alicyclic amines) is 1. The number of carbonyl (C=O) groups is 3. The molecule has 12 nitrogen and oxygen atoms in total. The first-order valence-electron chi connectivity index (χ1n) is 14.7. The Bertz CT molecular complexity index is 1250. The third kappa shape index (κ3) is 6.75. The number of nitrogens with zero attached hydrogens (tertiary/aromatic N) is 3. The SMILES string of the molecule is CCOc1ncccc1-c1ccc(OC2CC3(C2)CN(C(=O)OC2CCCC2)C3)c(C(=O)N[C@@H]2CCNC2)n1.O=CO. The first-order valence-corrected chi connectivity index (χ1v) is 14.7. The fourth-order valence-corrected chi connectivity index (χ4v) is 6.27. The van der Waals surface area contributed by atoms with Crippen molar-refractivity contribution in [2.24, 2.45) is 5.41 Å². The number of pyridine rings is 2. The summed E-state index contributed by atoms with van der Waals surface area (Å²) in [6.45, 7) is 5.17. The Morgan fingerprint density at radius 2 is 1.93 bits per heavy atom. The van der Waals surface area contributed by atoms with Crippen LogP contribution in [0.1, 0.15) is 62.4 Å². The Balaban J connectivity index is 0.00000113. The molecule has 2 saturated heterocycles. The van der Waals surface area contributed by atoms with Crippen molar-refractivity contribution in [2.45, 2.75) is 70.1 Å². The Morgan fingerprint density at radius 3 is 2.62 bits per heavy atom. The van der Waals surface area contributed by atoms with E-state index in [2.05, 4.69) is 15.6 Å². The second kappa shape index (κ2) is 13.4. The number of carboxylic acid groups (broad SMARTS) is 1. The maximum atomic E-state index is 13.4. The van der Waals surface area contributed by atoms with Gasteiger partial charge in [0.05, 0.1) is 17.9 Å². The quantitative estimate of drug-likeness (QED) is 0.396. The molecule has 0 unspecified atom stereocenters. The fourth-order valence-electron chi connectivity index (χ4n) is 6.27. The van der Waals surface area contributed by atoms with E-state index >= 15 is 0 Å². The second-order valence-corrected chi connectivity index (χ2v) is 11.4. The van der Waals surface area contributed by atoms with E-state index in [1.807, 2.05) is 36.1 Å². The van der Waals surface area contributed by atoms with Crippen LogP contribution in [-0.2, 0) is 9.53 Å². The van der Waals surface area contributed by atoms with Crippen molar-refractivity contribution < 1.29 is 33.7 Å². The molecule has 2 amide bonds. The molecule has 2 aromatic heterocycles. The van der Waals surface area contributed by atoms with Gasteiger partial charge in [0, 0.05) is 37.3 Å². The highest BCUT2D eigenvalue weighted by Gasteiger charge is 2.55. The third-order valence-corrected chi connectivity index (χ3v) is 8.29. The van der Waals surface area contributed by atoms with Gasteiger partial charge in [-0.1, -0.05) is 0 Å². The van der Waals surface area contributed by atoms with Crippen LogP contribution in [-0.4, -0.2) is 89.5 Å². The van der Waals surface area contributed by atoms with E-state index in [0.29, 0.717) is 37.0 Å². The van der Waals surface area contributed by atoms with E-state index < -0.39 is 0 Å². The van der Waals surface area contributed by atoms with Gasteiger partial charge in [0.2, 0.25) is 5.88 Å². The van der Waals surface area contributed by atoms with Gasteiger partial charge in [0.25, 0.3) is 12.4 Å². The van der Waals surface area contributed by atoms with Crippen molar-refractivity contribution in [3.8, 4) is 22.9 Å². The van der Waals surface area contributed by atoms with Crippen LogP contribution < -0.4 is 20.1 Å². The first kappa shape index (κ1) is 29.6. The topological polar surface area (TPSA) is 152 Å². The summed E-state index contributed by atoms with van der Waals surface area (Å²) in [7, 11) is 0. The Labute approximate surface area is 245 Å². The van der Waals surface area contributed by atoms with Crippen LogP contribution in [0.2, 0.25) is 0 Å². The van der Waals surface area contributed by atoms with Crippen molar-refractivity contribution in [3.05, 3.63) is 36.2 Å². The summed E-state index contributed by atoms with van der Waals surface area (Å²) in [5, 5.41) is 13.3. The maximum Gasteiger partial charge on any atom is 0.410 e. The predicted octanol–water partition coefficient (Wildman–Crippen LogP) is 3.26. The number of hydrogen-bond donors (Lipinski definition) is 3. The largest absolute Gasteiger partial charge is 0.488 e. The van der Waals surface area contributed by atoms with Gasteiger partial charge in [-0.3, -0.25) is 9.59 Å². The summed E-state index contributed by atoms with van der Waals surface area (Å²) in [6.07, 6.45) is 8.36. The van der Waals surface area contributed by atoms with Crippen molar-refractivity contribution in [2.75, 3.05) is 32.8 Å². The van der Waals surface area contributed by atoms with E-state index in [4.69, 9.17) is 29.1 Å². The third-order valence-electron chi connectivity index (χ3n) is 8.29. The molecule has 1 atom stereocenters. The number of carbonyl (C=O) groups excluding carboxylic acids is 2. The minimum atomic E-state index is -0.250. The van der Waals surface area contributed by atoms with Gasteiger partial charge < -0.3 is 34.9 Å². The van der Waals surface area contributed by atoms with Gasteiger partial charge in [-0.2, -0.15) is 0 Å². The van der Waals surface area contributed by atoms with Crippen molar-refractivity contribution in [1.29, 1.82) is 0 Å².